The molecular weight excluding hydrogens is 364 g/mol. The molecule has 1 heterocycles. The van der Waals surface area contributed by atoms with Gasteiger partial charge in [-0.15, -0.1) is 0 Å². The Morgan fingerprint density at radius 1 is 0.931 bits per heavy atom. The summed E-state index contributed by atoms with van der Waals surface area (Å²) in [4.78, 5) is 0. The lowest BCUT2D eigenvalue weighted by Gasteiger charge is -2.43. The minimum absolute atomic E-state index is 0.0294. The maximum absolute atomic E-state index is 6.47. The molecule has 0 aromatic heterocycles. The molecule has 4 aliphatic carbocycles. The van der Waals surface area contributed by atoms with Gasteiger partial charge in [0, 0.05) is 13.5 Å². The molecule has 29 heavy (non-hydrogen) atoms. The predicted octanol–water partition coefficient (Wildman–Crippen LogP) is 3.95. The van der Waals surface area contributed by atoms with E-state index in [1.807, 2.05) is 0 Å². The summed E-state index contributed by atoms with van der Waals surface area (Å²) < 4.78 is 24.7. The highest BCUT2D eigenvalue weighted by molar-refractivity contribution is 5.66. The summed E-state index contributed by atoms with van der Waals surface area (Å²) in [5, 5.41) is 0. The Bertz CT molecular complexity index is 979. The Morgan fingerprint density at radius 3 is 2.17 bits per heavy atom. The van der Waals surface area contributed by atoms with Crippen LogP contribution in [0.4, 0.5) is 0 Å². The van der Waals surface area contributed by atoms with Gasteiger partial charge in [0.05, 0.1) is 44.8 Å². The average molecular weight is 389 g/mol. The normalized spacial score (nSPS) is 36.0. The summed E-state index contributed by atoms with van der Waals surface area (Å²) in [6, 6.07) is 17.6. The van der Waals surface area contributed by atoms with Crippen LogP contribution in [-0.4, -0.2) is 40.1 Å². The van der Waals surface area contributed by atoms with E-state index in [1.165, 1.54) is 22.3 Å². The van der Waals surface area contributed by atoms with Crippen molar-refractivity contribution in [2.75, 3.05) is 34.5 Å². The van der Waals surface area contributed by atoms with Crippen LogP contribution in [-0.2, 0) is 24.4 Å². The second-order valence-electron chi connectivity index (χ2n) is 8.68. The minimum Gasteiger partial charge on any atom is -0.463 e. The van der Waals surface area contributed by atoms with E-state index in [9.17, 15) is 0 Å². The summed E-state index contributed by atoms with van der Waals surface area (Å²) in [7, 11) is 5.24. The van der Waals surface area contributed by atoms with Crippen LogP contribution in [0.5, 0.6) is 0 Å². The third kappa shape index (κ3) is 1.76. The number of ether oxygens (including phenoxy) is 4. The molecule has 4 heteroatoms. The average Bonchev–Trinajstić information content (AvgIpc) is 3.06. The van der Waals surface area contributed by atoms with Crippen molar-refractivity contribution in [3.8, 4) is 0 Å². The SMILES string of the molecule is COC1=CC23COCC24c2ccccc2C(c2ccccc24)C(OC)(C3)[C+]1OC. The van der Waals surface area contributed by atoms with E-state index in [1.54, 1.807) is 21.3 Å². The fourth-order valence-electron chi connectivity index (χ4n) is 6.87. The van der Waals surface area contributed by atoms with E-state index < -0.39 is 5.60 Å². The van der Waals surface area contributed by atoms with Gasteiger partial charge in [0.2, 0.25) is 0 Å². The van der Waals surface area contributed by atoms with Gasteiger partial charge in [-0.2, -0.15) is 0 Å². The van der Waals surface area contributed by atoms with E-state index in [0.717, 1.165) is 18.3 Å². The molecule has 2 spiro atoms. The molecule has 5 aliphatic rings. The van der Waals surface area contributed by atoms with Gasteiger partial charge in [-0.3, -0.25) is 4.74 Å². The molecule has 4 bridgehead atoms. The Morgan fingerprint density at radius 2 is 1.59 bits per heavy atom. The van der Waals surface area contributed by atoms with Crippen LogP contribution in [0.1, 0.15) is 34.6 Å². The van der Waals surface area contributed by atoms with E-state index in [2.05, 4.69) is 54.6 Å². The summed E-state index contributed by atoms with van der Waals surface area (Å²) in [6.07, 6.45) is 3.82. The molecule has 7 rings (SSSR count). The Hall–Kier alpha value is -2.27. The van der Waals surface area contributed by atoms with Crippen molar-refractivity contribution in [3.05, 3.63) is 88.7 Å². The number of methoxy groups -OCH3 is 3. The highest BCUT2D eigenvalue weighted by Crippen LogP contribution is 2.71. The van der Waals surface area contributed by atoms with E-state index in [0.29, 0.717) is 13.2 Å². The number of hydrogen-bond acceptors (Lipinski definition) is 4. The first-order valence-corrected chi connectivity index (χ1v) is 10.2. The van der Waals surface area contributed by atoms with Crippen molar-refractivity contribution in [1.82, 2.24) is 0 Å². The molecule has 0 amide bonds. The summed E-state index contributed by atoms with van der Waals surface area (Å²) in [6.45, 7) is 1.29. The van der Waals surface area contributed by atoms with E-state index >= 15 is 0 Å². The number of benzene rings is 2. The lowest BCUT2D eigenvalue weighted by atomic mass is 9.54. The zero-order chi connectivity index (χ0) is 19.9. The largest absolute Gasteiger partial charge is 0.463 e. The Balaban J connectivity index is 1.83. The van der Waals surface area contributed by atoms with Crippen molar-refractivity contribution in [2.45, 2.75) is 23.4 Å². The Kier molecular flexibility index (Phi) is 3.43. The number of hydrogen-bond donors (Lipinski definition) is 0. The fourth-order valence-corrected chi connectivity index (χ4v) is 6.87. The van der Waals surface area contributed by atoms with Crippen LogP contribution in [0.3, 0.4) is 0 Å². The van der Waals surface area contributed by atoms with Gasteiger partial charge in [0.1, 0.15) is 5.41 Å². The molecular formula is C25H25O4+. The van der Waals surface area contributed by atoms with E-state index in [-0.39, 0.29) is 16.7 Å². The van der Waals surface area contributed by atoms with Crippen molar-refractivity contribution < 1.29 is 18.9 Å². The van der Waals surface area contributed by atoms with Crippen molar-refractivity contribution in [3.63, 3.8) is 0 Å². The van der Waals surface area contributed by atoms with Gasteiger partial charge in [-0.25, -0.2) is 0 Å². The van der Waals surface area contributed by atoms with Crippen LogP contribution in [0.25, 0.3) is 0 Å². The second-order valence-corrected chi connectivity index (χ2v) is 8.68. The first-order valence-electron chi connectivity index (χ1n) is 10.2. The van der Waals surface area contributed by atoms with Crippen LogP contribution in [0.15, 0.2) is 60.4 Å². The molecule has 1 saturated heterocycles. The fraction of sp³-hybridized carbons (Fsp3) is 0.400. The van der Waals surface area contributed by atoms with Crippen LogP contribution in [0, 0.1) is 11.5 Å². The minimum atomic E-state index is -0.660. The molecule has 2 atom stereocenters. The predicted molar refractivity (Wildman–Crippen MR) is 108 cm³/mol. The van der Waals surface area contributed by atoms with Gasteiger partial charge < -0.3 is 14.2 Å². The molecule has 4 nitrogen and oxygen atoms in total. The maximum Gasteiger partial charge on any atom is 0.311 e. The van der Waals surface area contributed by atoms with Crippen molar-refractivity contribution in [1.29, 1.82) is 0 Å². The van der Waals surface area contributed by atoms with Gasteiger partial charge in [0.25, 0.3) is 6.10 Å². The molecule has 1 fully saturated rings. The maximum atomic E-state index is 6.47. The first kappa shape index (κ1) is 17.6. The van der Waals surface area contributed by atoms with Crippen molar-refractivity contribution in [2.24, 2.45) is 5.41 Å². The summed E-state index contributed by atoms with van der Waals surface area (Å²) in [5.41, 5.74) is 4.12. The third-order valence-corrected chi connectivity index (χ3v) is 7.84. The van der Waals surface area contributed by atoms with Crippen LogP contribution >= 0.6 is 0 Å². The summed E-state index contributed by atoms with van der Waals surface area (Å²) in [5.74, 6) is 0.794. The first-order chi connectivity index (χ1) is 14.2. The molecule has 0 saturated carbocycles. The molecule has 2 aromatic rings. The van der Waals surface area contributed by atoms with Gasteiger partial charge in [-0.1, -0.05) is 48.5 Å². The van der Waals surface area contributed by atoms with Gasteiger partial charge in [-0.05, 0) is 22.3 Å². The Labute approximate surface area is 171 Å². The highest BCUT2D eigenvalue weighted by Gasteiger charge is 2.77. The zero-order valence-corrected chi connectivity index (χ0v) is 17.0. The molecule has 0 radical (unpaired) electrons. The number of rotatable bonds is 3. The van der Waals surface area contributed by atoms with E-state index in [4.69, 9.17) is 18.9 Å². The molecule has 2 aromatic carbocycles. The zero-order valence-electron chi connectivity index (χ0n) is 17.0. The van der Waals surface area contributed by atoms with Crippen LogP contribution < -0.4 is 0 Å². The monoisotopic (exact) mass is 389 g/mol. The second kappa shape index (κ2) is 5.66. The van der Waals surface area contributed by atoms with Crippen molar-refractivity contribution >= 4 is 0 Å². The quantitative estimate of drug-likeness (QED) is 0.745. The lowest BCUT2D eigenvalue weighted by Crippen LogP contribution is -2.53. The molecule has 0 N–H and O–H groups in total. The van der Waals surface area contributed by atoms with Crippen LogP contribution in [0.2, 0.25) is 0 Å². The molecule has 148 valence electrons. The smallest absolute Gasteiger partial charge is 0.311 e. The van der Waals surface area contributed by atoms with Gasteiger partial charge in [0.15, 0.2) is 5.60 Å². The molecule has 2 unspecified atom stereocenters. The lowest BCUT2D eigenvalue weighted by molar-refractivity contribution is -0.101. The topological polar surface area (TPSA) is 36.9 Å². The standard InChI is InChI=1S/C25H25O4/c1-26-20-12-23-13-25(28-3,22(20)27-2)21-16-8-4-6-10-18(16)24(23,15-29-14-23)19-11-7-5-9-17(19)21/h4-12,21H,13-15H2,1-3H3/q+1. The third-order valence-electron chi connectivity index (χ3n) is 7.84. The highest BCUT2D eigenvalue weighted by atomic mass is 16.6. The van der Waals surface area contributed by atoms with Gasteiger partial charge >= 0.3 is 5.76 Å². The summed E-state index contributed by atoms with van der Waals surface area (Å²) >= 11 is 0. The molecule has 1 aliphatic heterocycles.